The van der Waals surface area contributed by atoms with Crippen LogP contribution in [0, 0.1) is 11.3 Å². The maximum absolute atomic E-state index is 11.8. The van der Waals surface area contributed by atoms with Gasteiger partial charge in [0.2, 0.25) is 0 Å². The summed E-state index contributed by atoms with van der Waals surface area (Å²) in [6.45, 7) is 11.8. The lowest BCUT2D eigenvalue weighted by Crippen LogP contribution is -2.03. The Morgan fingerprint density at radius 3 is 2.44 bits per heavy atom. The van der Waals surface area contributed by atoms with Crippen molar-refractivity contribution in [2.24, 2.45) is 4.99 Å². The lowest BCUT2D eigenvalue weighted by Gasteiger charge is -2.07. The Morgan fingerprint density at radius 2 is 1.85 bits per heavy atom. The van der Waals surface area contributed by atoms with E-state index >= 15 is 0 Å². The first-order chi connectivity index (χ1) is 12.8. The number of carbonyl (C=O) groups is 1. The topological polar surface area (TPSA) is 73.5 Å². The number of ketones is 1. The SMILES string of the molecule is C=C(/C=C(C)/C(C)=C/C(O)=C(\C=NCCC)C(C)=O)c1ccccc1C#N. The van der Waals surface area contributed by atoms with Gasteiger partial charge in [-0.3, -0.25) is 9.79 Å². The summed E-state index contributed by atoms with van der Waals surface area (Å²) >= 11 is 0. The Bertz CT molecular complexity index is 878. The molecule has 1 aromatic rings. The zero-order chi connectivity index (χ0) is 20.4. The van der Waals surface area contributed by atoms with E-state index in [1.165, 1.54) is 13.1 Å². The van der Waals surface area contributed by atoms with Gasteiger partial charge >= 0.3 is 0 Å². The van der Waals surface area contributed by atoms with E-state index in [1.54, 1.807) is 12.1 Å². The maximum Gasteiger partial charge on any atom is 0.165 e. The van der Waals surface area contributed by atoms with Crippen molar-refractivity contribution in [2.75, 3.05) is 6.54 Å². The van der Waals surface area contributed by atoms with Crippen LogP contribution in [0.25, 0.3) is 5.57 Å². The van der Waals surface area contributed by atoms with Gasteiger partial charge in [-0.15, -0.1) is 0 Å². The first-order valence-corrected chi connectivity index (χ1v) is 8.81. The highest BCUT2D eigenvalue weighted by atomic mass is 16.3. The lowest BCUT2D eigenvalue weighted by atomic mass is 9.97. The van der Waals surface area contributed by atoms with E-state index < -0.39 is 0 Å². The third-order valence-electron chi connectivity index (χ3n) is 3.99. The van der Waals surface area contributed by atoms with E-state index in [0.717, 1.165) is 23.1 Å². The second kappa shape index (κ2) is 10.7. The first-order valence-electron chi connectivity index (χ1n) is 8.81. The molecule has 0 aliphatic heterocycles. The Kier molecular flexibility index (Phi) is 8.68. The number of hydrogen-bond donors (Lipinski definition) is 1. The quantitative estimate of drug-likeness (QED) is 0.293. The Balaban J connectivity index is 3.18. The molecular formula is C23H26N2O2. The molecule has 0 amide bonds. The minimum atomic E-state index is -0.245. The summed E-state index contributed by atoms with van der Waals surface area (Å²) in [5, 5.41) is 19.6. The van der Waals surface area contributed by atoms with Gasteiger partial charge in [0.25, 0.3) is 0 Å². The number of aliphatic imine (C=N–C) groups is 1. The number of aliphatic hydroxyl groups excluding tert-OH is 1. The van der Waals surface area contributed by atoms with Gasteiger partial charge in [-0.25, -0.2) is 0 Å². The fourth-order valence-corrected chi connectivity index (χ4v) is 2.33. The van der Waals surface area contributed by atoms with Crippen LogP contribution in [-0.2, 0) is 4.79 Å². The molecule has 0 saturated heterocycles. The zero-order valence-corrected chi connectivity index (χ0v) is 16.4. The fourth-order valence-electron chi connectivity index (χ4n) is 2.33. The summed E-state index contributed by atoms with van der Waals surface area (Å²) in [6, 6.07) is 9.42. The Hall–Kier alpha value is -3.19. The molecule has 0 aliphatic carbocycles. The van der Waals surface area contributed by atoms with Crippen molar-refractivity contribution < 1.29 is 9.90 Å². The van der Waals surface area contributed by atoms with Gasteiger partial charge in [0.15, 0.2) is 5.78 Å². The molecule has 0 spiro atoms. The van der Waals surface area contributed by atoms with Crippen LogP contribution in [-0.4, -0.2) is 23.6 Å². The highest BCUT2D eigenvalue weighted by Gasteiger charge is 2.08. The van der Waals surface area contributed by atoms with Crippen molar-refractivity contribution in [3.63, 3.8) is 0 Å². The number of allylic oxidation sites excluding steroid dienone is 6. The van der Waals surface area contributed by atoms with Crippen molar-refractivity contribution >= 4 is 17.6 Å². The van der Waals surface area contributed by atoms with Crippen LogP contribution in [0.5, 0.6) is 0 Å². The van der Waals surface area contributed by atoms with Gasteiger partial charge < -0.3 is 5.11 Å². The minimum absolute atomic E-state index is 0.115. The summed E-state index contributed by atoms with van der Waals surface area (Å²) in [5.41, 5.74) is 3.87. The van der Waals surface area contributed by atoms with Crippen LogP contribution in [0.15, 0.2) is 70.5 Å². The number of hydrogen-bond acceptors (Lipinski definition) is 4. The number of benzene rings is 1. The zero-order valence-electron chi connectivity index (χ0n) is 16.4. The fraction of sp³-hybridized carbons (Fsp3) is 0.261. The maximum atomic E-state index is 11.8. The molecule has 27 heavy (non-hydrogen) atoms. The number of nitriles is 1. The van der Waals surface area contributed by atoms with Crippen LogP contribution < -0.4 is 0 Å². The molecule has 0 fully saturated rings. The van der Waals surface area contributed by atoms with Crippen molar-refractivity contribution in [2.45, 2.75) is 34.1 Å². The van der Waals surface area contributed by atoms with Gasteiger partial charge in [-0.2, -0.15) is 5.26 Å². The van der Waals surface area contributed by atoms with Crippen molar-refractivity contribution in [1.29, 1.82) is 5.26 Å². The molecule has 0 unspecified atom stereocenters. The van der Waals surface area contributed by atoms with Gasteiger partial charge in [0, 0.05) is 12.8 Å². The summed E-state index contributed by atoms with van der Waals surface area (Å²) < 4.78 is 0. The average Bonchev–Trinajstić information content (AvgIpc) is 2.64. The van der Waals surface area contributed by atoms with Crippen molar-refractivity contribution in [1.82, 2.24) is 0 Å². The van der Waals surface area contributed by atoms with E-state index in [0.29, 0.717) is 17.7 Å². The Labute approximate surface area is 161 Å². The van der Waals surface area contributed by atoms with E-state index in [4.69, 9.17) is 0 Å². The predicted octanol–water partition coefficient (Wildman–Crippen LogP) is 5.35. The van der Waals surface area contributed by atoms with Gasteiger partial charge in [0.1, 0.15) is 5.76 Å². The molecule has 0 bridgehead atoms. The second-order valence-corrected chi connectivity index (χ2v) is 6.23. The second-order valence-electron chi connectivity index (χ2n) is 6.23. The van der Waals surface area contributed by atoms with Gasteiger partial charge in [0.05, 0.1) is 17.2 Å². The van der Waals surface area contributed by atoms with E-state index in [-0.39, 0.29) is 17.1 Å². The van der Waals surface area contributed by atoms with Crippen molar-refractivity contribution in [3.05, 3.63) is 76.6 Å². The van der Waals surface area contributed by atoms with Crippen LogP contribution in [0.2, 0.25) is 0 Å². The third kappa shape index (κ3) is 6.56. The van der Waals surface area contributed by atoms with Crippen LogP contribution in [0.1, 0.15) is 45.2 Å². The van der Waals surface area contributed by atoms with E-state index in [1.807, 2.05) is 45.0 Å². The summed E-state index contributed by atoms with van der Waals surface area (Å²) in [5.74, 6) is -0.360. The first kappa shape index (κ1) is 21.9. The molecule has 1 N–H and O–H groups in total. The highest BCUT2D eigenvalue weighted by Crippen LogP contribution is 2.22. The number of carbonyl (C=O) groups excluding carboxylic acids is 1. The molecule has 1 aromatic carbocycles. The standard InChI is InChI=1S/C23H26N2O2/c1-6-11-25-15-22(19(5)26)23(27)13-17(3)16(2)12-18(4)21-10-8-7-9-20(21)14-24/h7-10,12-13,15,27H,4,6,11H2,1-3,5H3/b16-12+,17-13+,23-22-,25-15?. The molecule has 0 aliphatic rings. The molecule has 4 heteroatoms. The molecular weight excluding hydrogens is 336 g/mol. The van der Waals surface area contributed by atoms with Gasteiger partial charge in [-0.1, -0.05) is 37.8 Å². The Morgan fingerprint density at radius 1 is 1.22 bits per heavy atom. The molecule has 140 valence electrons. The van der Waals surface area contributed by atoms with E-state index in [2.05, 4.69) is 17.6 Å². The molecule has 1 rings (SSSR count). The van der Waals surface area contributed by atoms with Crippen molar-refractivity contribution in [3.8, 4) is 6.07 Å². The average molecular weight is 362 g/mol. The third-order valence-corrected chi connectivity index (χ3v) is 3.99. The molecule has 0 radical (unpaired) electrons. The number of Topliss-reactive ketones (excluding diaryl/α,β-unsaturated/α-hetero) is 1. The lowest BCUT2D eigenvalue weighted by molar-refractivity contribution is -0.113. The molecule has 0 saturated carbocycles. The summed E-state index contributed by atoms with van der Waals surface area (Å²) in [7, 11) is 0. The number of rotatable bonds is 8. The minimum Gasteiger partial charge on any atom is -0.507 e. The summed E-state index contributed by atoms with van der Waals surface area (Å²) in [6.07, 6.45) is 5.69. The monoisotopic (exact) mass is 362 g/mol. The molecule has 4 nitrogen and oxygen atoms in total. The highest BCUT2D eigenvalue weighted by molar-refractivity contribution is 6.12. The smallest absolute Gasteiger partial charge is 0.165 e. The number of aliphatic hydroxyl groups is 1. The number of nitrogens with zero attached hydrogens (tertiary/aromatic N) is 2. The largest absolute Gasteiger partial charge is 0.507 e. The molecule has 0 aromatic heterocycles. The molecule has 0 atom stereocenters. The van der Waals surface area contributed by atoms with Gasteiger partial charge in [-0.05, 0) is 61.6 Å². The van der Waals surface area contributed by atoms with Crippen LogP contribution >= 0.6 is 0 Å². The molecule has 0 heterocycles. The van der Waals surface area contributed by atoms with Crippen LogP contribution in [0.3, 0.4) is 0 Å². The normalized spacial score (nSPS) is 13.3. The predicted molar refractivity (Wildman–Crippen MR) is 112 cm³/mol. The van der Waals surface area contributed by atoms with E-state index in [9.17, 15) is 15.2 Å². The van der Waals surface area contributed by atoms with Crippen LogP contribution in [0.4, 0.5) is 0 Å². The summed E-state index contributed by atoms with van der Waals surface area (Å²) in [4.78, 5) is 15.9.